The third kappa shape index (κ3) is 7.48. The van der Waals surface area contributed by atoms with Crippen molar-refractivity contribution in [2.75, 3.05) is 6.54 Å². The van der Waals surface area contributed by atoms with Gasteiger partial charge >= 0.3 is 12.1 Å². The van der Waals surface area contributed by atoms with E-state index in [0.29, 0.717) is 5.56 Å². The average molecular weight is 338 g/mol. The number of benzene rings is 1. The number of hydrogen-bond donors (Lipinski definition) is 4. The molecule has 0 heterocycles. The van der Waals surface area contributed by atoms with Crippen molar-refractivity contribution in [2.24, 2.45) is 0 Å². The summed E-state index contributed by atoms with van der Waals surface area (Å²) in [7, 11) is 0. The maximum atomic E-state index is 11.8. The van der Waals surface area contributed by atoms with Gasteiger partial charge in [0.1, 0.15) is 23.9 Å². The van der Waals surface area contributed by atoms with Crippen LogP contribution in [0.5, 0.6) is 5.75 Å². The fourth-order valence-corrected chi connectivity index (χ4v) is 1.78. The zero-order valence-electron chi connectivity index (χ0n) is 13.8. The van der Waals surface area contributed by atoms with Crippen LogP contribution in [0.3, 0.4) is 0 Å². The van der Waals surface area contributed by atoms with Gasteiger partial charge in [-0.1, -0.05) is 12.1 Å². The molecule has 0 bridgehead atoms. The van der Waals surface area contributed by atoms with E-state index in [1.54, 1.807) is 32.9 Å². The van der Waals surface area contributed by atoms with Gasteiger partial charge in [0.05, 0.1) is 0 Å². The van der Waals surface area contributed by atoms with E-state index in [4.69, 9.17) is 4.74 Å². The second-order valence-electron chi connectivity index (χ2n) is 6.18. The molecule has 24 heavy (non-hydrogen) atoms. The monoisotopic (exact) mass is 338 g/mol. The largest absolute Gasteiger partial charge is 0.508 e. The predicted octanol–water partition coefficient (Wildman–Crippen LogP) is 1.03. The molecular formula is C16H22N2O6. The molecule has 0 spiro atoms. The fourth-order valence-electron chi connectivity index (χ4n) is 1.78. The normalized spacial score (nSPS) is 12.1. The number of carboxylic acid groups (broad SMARTS) is 1. The standard InChI is InChI=1S/C16H22N2O6/c1-16(2,3)24-15(23)17-9-13(20)18-12(14(21)22)8-10-4-6-11(19)7-5-10/h4-7,12,19H,8-9H2,1-3H3,(H,17,23)(H,18,20)(H,21,22)/t12-/m0/s1. The molecule has 4 N–H and O–H groups in total. The highest BCUT2D eigenvalue weighted by molar-refractivity contribution is 5.86. The number of hydrogen-bond acceptors (Lipinski definition) is 5. The van der Waals surface area contributed by atoms with Gasteiger partial charge in [-0.3, -0.25) is 4.79 Å². The number of amides is 2. The van der Waals surface area contributed by atoms with Gasteiger partial charge in [-0.25, -0.2) is 9.59 Å². The van der Waals surface area contributed by atoms with Crippen molar-refractivity contribution >= 4 is 18.0 Å². The van der Waals surface area contributed by atoms with Crippen molar-refractivity contribution in [3.63, 3.8) is 0 Å². The first-order valence-electron chi connectivity index (χ1n) is 7.34. The third-order valence-corrected chi connectivity index (χ3v) is 2.80. The Bertz CT molecular complexity index is 592. The number of phenols is 1. The van der Waals surface area contributed by atoms with Gasteiger partial charge in [-0.2, -0.15) is 0 Å². The predicted molar refractivity (Wildman–Crippen MR) is 85.6 cm³/mol. The van der Waals surface area contributed by atoms with E-state index in [-0.39, 0.29) is 12.2 Å². The first-order chi connectivity index (χ1) is 11.1. The van der Waals surface area contributed by atoms with Crippen LogP contribution in [0.15, 0.2) is 24.3 Å². The molecule has 0 saturated heterocycles. The minimum Gasteiger partial charge on any atom is -0.508 e. The zero-order valence-corrected chi connectivity index (χ0v) is 13.8. The van der Waals surface area contributed by atoms with Gasteiger partial charge in [-0.05, 0) is 38.5 Å². The fraction of sp³-hybridized carbons (Fsp3) is 0.438. The van der Waals surface area contributed by atoms with Crippen LogP contribution in [0.4, 0.5) is 4.79 Å². The van der Waals surface area contributed by atoms with Crippen LogP contribution in [0, 0.1) is 0 Å². The van der Waals surface area contributed by atoms with Crippen LogP contribution >= 0.6 is 0 Å². The molecule has 8 nitrogen and oxygen atoms in total. The Labute approximate surface area is 139 Å². The first kappa shape index (κ1) is 19.3. The molecule has 0 unspecified atom stereocenters. The number of carboxylic acids is 1. The third-order valence-electron chi connectivity index (χ3n) is 2.80. The van der Waals surface area contributed by atoms with Gasteiger partial charge < -0.3 is 25.6 Å². The summed E-state index contributed by atoms with van der Waals surface area (Å²) in [6, 6.07) is 4.84. The highest BCUT2D eigenvalue weighted by atomic mass is 16.6. The molecule has 1 aromatic carbocycles. The summed E-state index contributed by atoms with van der Waals surface area (Å²) in [6.07, 6.45) is -0.712. The summed E-state index contributed by atoms with van der Waals surface area (Å²) < 4.78 is 4.98. The Balaban J connectivity index is 2.53. The highest BCUT2D eigenvalue weighted by Crippen LogP contribution is 2.11. The number of phenolic OH excluding ortho intramolecular Hbond substituents is 1. The smallest absolute Gasteiger partial charge is 0.408 e. The van der Waals surface area contributed by atoms with Crippen LogP contribution in [0.25, 0.3) is 0 Å². The molecule has 8 heteroatoms. The number of carbonyl (C=O) groups is 3. The highest BCUT2D eigenvalue weighted by Gasteiger charge is 2.21. The van der Waals surface area contributed by atoms with E-state index in [0.717, 1.165) is 0 Å². The minimum atomic E-state index is -1.20. The second-order valence-corrected chi connectivity index (χ2v) is 6.18. The number of carbonyl (C=O) groups excluding carboxylic acids is 2. The van der Waals surface area contributed by atoms with E-state index in [1.165, 1.54) is 12.1 Å². The van der Waals surface area contributed by atoms with Gasteiger partial charge in [0.25, 0.3) is 0 Å². The van der Waals surface area contributed by atoms with Crippen molar-refractivity contribution in [1.82, 2.24) is 10.6 Å². The Hall–Kier alpha value is -2.77. The van der Waals surface area contributed by atoms with Gasteiger partial charge in [0.15, 0.2) is 0 Å². The Morgan fingerprint density at radius 1 is 1.17 bits per heavy atom. The van der Waals surface area contributed by atoms with E-state index >= 15 is 0 Å². The van der Waals surface area contributed by atoms with E-state index in [1.807, 2.05) is 0 Å². The number of rotatable bonds is 6. The van der Waals surface area contributed by atoms with Crippen LogP contribution < -0.4 is 10.6 Å². The summed E-state index contributed by atoms with van der Waals surface area (Å²) >= 11 is 0. The number of alkyl carbamates (subject to hydrolysis) is 1. The Kier molecular flexibility index (Phi) is 6.58. The van der Waals surface area contributed by atoms with Crippen LogP contribution in [0.1, 0.15) is 26.3 Å². The molecule has 0 aliphatic rings. The molecule has 1 aromatic rings. The lowest BCUT2D eigenvalue weighted by atomic mass is 10.1. The summed E-state index contributed by atoms with van der Waals surface area (Å²) in [5.74, 6) is -1.78. The van der Waals surface area contributed by atoms with Crippen LogP contribution in [-0.4, -0.2) is 46.4 Å². The van der Waals surface area contributed by atoms with Gasteiger partial charge in [-0.15, -0.1) is 0 Å². The molecule has 0 fully saturated rings. The molecule has 0 aliphatic carbocycles. The maximum absolute atomic E-state index is 11.8. The number of nitrogens with one attached hydrogen (secondary N) is 2. The van der Waals surface area contributed by atoms with Gasteiger partial charge in [0.2, 0.25) is 5.91 Å². The van der Waals surface area contributed by atoms with Crippen molar-refractivity contribution in [3.8, 4) is 5.75 Å². The summed E-state index contributed by atoms with van der Waals surface area (Å²) in [5, 5.41) is 23.0. The zero-order chi connectivity index (χ0) is 18.3. The summed E-state index contributed by atoms with van der Waals surface area (Å²) in [5.41, 5.74) is -0.0520. The number of aromatic hydroxyl groups is 1. The van der Waals surface area contributed by atoms with Gasteiger partial charge in [0, 0.05) is 6.42 Å². The molecule has 0 saturated carbocycles. The number of ether oxygens (including phenoxy) is 1. The van der Waals surface area contributed by atoms with Crippen LogP contribution in [-0.2, 0) is 20.7 Å². The molecule has 132 valence electrons. The topological polar surface area (TPSA) is 125 Å². The molecule has 0 radical (unpaired) electrons. The molecular weight excluding hydrogens is 316 g/mol. The van der Waals surface area contributed by atoms with Crippen molar-refractivity contribution in [1.29, 1.82) is 0 Å². The first-order valence-corrected chi connectivity index (χ1v) is 7.34. The van der Waals surface area contributed by atoms with E-state index < -0.39 is 36.2 Å². The Morgan fingerprint density at radius 3 is 2.25 bits per heavy atom. The maximum Gasteiger partial charge on any atom is 0.408 e. The number of aliphatic carboxylic acids is 1. The molecule has 2 amide bonds. The lowest BCUT2D eigenvalue weighted by Crippen LogP contribution is -2.47. The van der Waals surface area contributed by atoms with Crippen molar-refractivity contribution < 1.29 is 29.3 Å². The average Bonchev–Trinajstić information content (AvgIpc) is 2.45. The second kappa shape index (κ2) is 8.19. The quantitative estimate of drug-likeness (QED) is 0.614. The summed E-state index contributed by atoms with van der Waals surface area (Å²) in [4.78, 5) is 34.5. The lowest BCUT2D eigenvalue weighted by Gasteiger charge is -2.20. The van der Waals surface area contributed by atoms with Crippen LogP contribution in [0.2, 0.25) is 0 Å². The summed E-state index contributed by atoms with van der Waals surface area (Å²) in [6.45, 7) is 4.66. The van der Waals surface area contributed by atoms with E-state index in [9.17, 15) is 24.6 Å². The SMILES string of the molecule is CC(C)(C)OC(=O)NCC(=O)N[C@@H](Cc1ccc(O)cc1)C(=O)O. The Morgan fingerprint density at radius 2 is 1.75 bits per heavy atom. The van der Waals surface area contributed by atoms with Crippen molar-refractivity contribution in [3.05, 3.63) is 29.8 Å². The molecule has 1 rings (SSSR count). The van der Waals surface area contributed by atoms with E-state index in [2.05, 4.69) is 10.6 Å². The molecule has 1 atom stereocenters. The molecule has 0 aliphatic heterocycles. The van der Waals surface area contributed by atoms with Crippen molar-refractivity contribution in [2.45, 2.75) is 38.8 Å². The lowest BCUT2D eigenvalue weighted by molar-refractivity contribution is -0.141. The molecule has 0 aromatic heterocycles. The minimum absolute atomic E-state index is 0.0494.